The minimum Gasteiger partial charge on any atom is -0.310 e. The van der Waals surface area contributed by atoms with Gasteiger partial charge in [-0.25, -0.2) is 0 Å². The van der Waals surface area contributed by atoms with Crippen LogP contribution in [0.5, 0.6) is 0 Å². The van der Waals surface area contributed by atoms with E-state index in [2.05, 4.69) is 272 Å². The van der Waals surface area contributed by atoms with Crippen molar-refractivity contribution in [2.75, 3.05) is 9.80 Å². The van der Waals surface area contributed by atoms with E-state index in [-0.39, 0.29) is 0 Å². The summed E-state index contributed by atoms with van der Waals surface area (Å²) in [4.78, 5) is 4.78. The fourth-order valence-corrected chi connectivity index (χ4v) is 9.79. The van der Waals surface area contributed by atoms with E-state index in [1.54, 1.807) is 0 Å². The summed E-state index contributed by atoms with van der Waals surface area (Å²) in [6, 6.07) is 90.3. The van der Waals surface area contributed by atoms with Gasteiger partial charge in [0.05, 0.1) is 11.4 Å². The molecule has 1 aliphatic rings. The number of nitrogens with zero attached hydrogens (tertiary/aromatic N) is 2. The van der Waals surface area contributed by atoms with Gasteiger partial charge in [-0.1, -0.05) is 195 Å². The monoisotopic (exact) mass is 832 g/mol. The normalized spacial score (nSPS) is 13.2. The SMILES string of the molecule is CC1CC=c2ccccc2=C1c1ccc(N(c2ccccc2)c2ccccc2-c2cccc(-c3ccccc3N(c3ccccc3)c3ccc(-c4cccc5ccccc45)cc3)c2)cc1. The first-order chi connectivity index (χ1) is 32.2. The summed E-state index contributed by atoms with van der Waals surface area (Å²) < 4.78 is 0. The Labute approximate surface area is 382 Å². The Balaban J connectivity index is 0.988. The van der Waals surface area contributed by atoms with Crippen LogP contribution < -0.4 is 20.2 Å². The fraction of sp³-hybridized carbons (Fsp3) is 0.0476. The molecule has 2 nitrogen and oxygen atoms in total. The van der Waals surface area contributed by atoms with Gasteiger partial charge in [-0.15, -0.1) is 0 Å². The highest BCUT2D eigenvalue weighted by Crippen LogP contribution is 2.45. The third kappa shape index (κ3) is 7.70. The Hall–Kier alpha value is -8.20. The molecule has 10 aromatic carbocycles. The number of fused-ring (bicyclic) bond motifs is 2. The van der Waals surface area contributed by atoms with Crippen LogP contribution in [0.25, 0.3) is 55.8 Å². The first-order valence-corrected chi connectivity index (χ1v) is 22.7. The Bertz CT molecular complexity index is 3400. The van der Waals surface area contributed by atoms with E-state index in [1.165, 1.54) is 43.5 Å². The van der Waals surface area contributed by atoms with Gasteiger partial charge in [0.15, 0.2) is 0 Å². The molecule has 0 bridgehead atoms. The lowest BCUT2D eigenvalue weighted by Crippen LogP contribution is -2.32. The van der Waals surface area contributed by atoms with Crippen molar-refractivity contribution < 1.29 is 0 Å². The second-order valence-corrected chi connectivity index (χ2v) is 16.9. The van der Waals surface area contributed by atoms with Gasteiger partial charge in [0.25, 0.3) is 0 Å². The number of rotatable bonds is 10. The lowest BCUT2D eigenvalue weighted by atomic mass is 9.85. The average Bonchev–Trinajstić information content (AvgIpc) is 3.38. The average molecular weight is 833 g/mol. The highest BCUT2D eigenvalue weighted by Gasteiger charge is 2.21. The van der Waals surface area contributed by atoms with E-state index < -0.39 is 0 Å². The minimum absolute atomic E-state index is 0.445. The molecule has 11 rings (SSSR count). The summed E-state index contributed by atoms with van der Waals surface area (Å²) in [5.41, 5.74) is 16.4. The van der Waals surface area contributed by atoms with Crippen LogP contribution >= 0.6 is 0 Å². The van der Waals surface area contributed by atoms with Crippen molar-refractivity contribution in [1.29, 1.82) is 0 Å². The molecule has 0 aliphatic heterocycles. The van der Waals surface area contributed by atoms with Gasteiger partial charge in [-0.2, -0.15) is 0 Å². The smallest absolute Gasteiger partial charge is 0.0540 e. The topological polar surface area (TPSA) is 6.48 Å². The van der Waals surface area contributed by atoms with Gasteiger partial charge in [-0.05, 0) is 134 Å². The molecule has 0 saturated heterocycles. The number of para-hydroxylation sites is 4. The molecule has 1 atom stereocenters. The zero-order valence-electron chi connectivity index (χ0n) is 36.4. The van der Waals surface area contributed by atoms with E-state index in [0.717, 1.165) is 62.8 Å². The van der Waals surface area contributed by atoms with E-state index in [4.69, 9.17) is 0 Å². The molecular formula is C63H48N2. The van der Waals surface area contributed by atoms with Gasteiger partial charge < -0.3 is 9.80 Å². The van der Waals surface area contributed by atoms with Crippen LogP contribution in [0, 0.1) is 5.92 Å². The molecule has 1 aliphatic carbocycles. The Morgan fingerprint density at radius 2 is 0.815 bits per heavy atom. The maximum Gasteiger partial charge on any atom is 0.0540 e. The fourth-order valence-electron chi connectivity index (χ4n) is 9.79. The molecule has 0 saturated carbocycles. The zero-order chi connectivity index (χ0) is 43.5. The molecular weight excluding hydrogens is 785 g/mol. The molecule has 10 aromatic rings. The molecule has 0 spiro atoms. The molecule has 65 heavy (non-hydrogen) atoms. The van der Waals surface area contributed by atoms with Crippen molar-refractivity contribution >= 4 is 56.5 Å². The zero-order valence-corrected chi connectivity index (χ0v) is 36.4. The predicted molar refractivity (Wildman–Crippen MR) is 276 cm³/mol. The highest BCUT2D eigenvalue weighted by atomic mass is 15.1. The molecule has 1 unspecified atom stereocenters. The minimum atomic E-state index is 0.445. The summed E-state index contributed by atoms with van der Waals surface area (Å²) >= 11 is 0. The van der Waals surface area contributed by atoms with Gasteiger partial charge in [0.2, 0.25) is 0 Å². The summed E-state index contributed by atoms with van der Waals surface area (Å²) in [5.74, 6) is 0.445. The van der Waals surface area contributed by atoms with Crippen molar-refractivity contribution in [3.05, 3.63) is 265 Å². The second kappa shape index (κ2) is 17.5. The van der Waals surface area contributed by atoms with Crippen LogP contribution in [-0.2, 0) is 0 Å². The predicted octanol–water partition coefficient (Wildman–Crippen LogP) is 15.8. The van der Waals surface area contributed by atoms with Crippen LogP contribution in [0.4, 0.5) is 34.1 Å². The lowest BCUT2D eigenvalue weighted by Gasteiger charge is -2.29. The standard InChI is InChI=1S/C63H48N2/c1-45-34-35-47-19-9-11-30-60(47)63(45)49-38-42-55(43-39-49)65(53-25-6-3-7-26-53)62-33-15-13-29-59(62)51-22-16-21-50(44-51)58-28-12-14-32-61(58)64(52-23-4-2-5-24-52)54-40-36-48(37-41-54)57-31-17-20-46-18-8-10-27-56(46)57/h2-33,35-45H,34H2,1H3. The first kappa shape index (κ1) is 39.6. The molecule has 0 N–H and O–H groups in total. The van der Waals surface area contributed by atoms with E-state index in [9.17, 15) is 0 Å². The van der Waals surface area contributed by atoms with Gasteiger partial charge in [-0.3, -0.25) is 0 Å². The van der Waals surface area contributed by atoms with E-state index in [1.807, 2.05) is 0 Å². The summed E-state index contributed by atoms with van der Waals surface area (Å²) in [5, 5.41) is 5.17. The second-order valence-electron chi connectivity index (χ2n) is 16.9. The maximum atomic E-state index is 2.40. The van der Waals surface area contributed by atoms with Crippen molar-refractivity contribution in [3.8, 4) is 33.4 Å². The Morgan fingerprint density at radius 1 is 0.354 bits per heavy atom. The first-order valence-electron chi connectivity index (χ1n) is 22.7. The molecule has 310 valence electrons. The third-order valence-corrected chi connectivity index (χ3v) is 12.9. The van der Waals surface area contributed by atoms with Gasteiger partial charge in [0, 0.05) is 33.9 Å². The molecule has 2 heteroatoms. The summed E-state index contributed by atoms with van der Waals surface area (Å²) in [7, 11) is 0. The molecule has 0 amide bonds. The summed E-state index contributed by atoms with van der Waals surface area (Å²) in [6.07, 6.45) is 3.43. The van der Waals surface area contributed by atoms with Crippen molar-refractivity contribution in [1.82, 2.24) is 0 Å². The van der Waals surface area contributed by atoms with Crippen LogP contribution in [0.3, 0.4) is 0 Å². The Kier molecular flexibility index (Phi) is 10.7. The Morgan fingerprint density at radius 3 is 1.45 bits per heavy atom. The number of benzene rings is 10. The van der Waals surface area contributed by atoms with E-state index in [0.29, 0.717) is 5.92 Å². The third-order valence-electron chi connectivity index (χ3n) is 12.9. The molecule has 0 radical (unpaired) electrons. The highest BCUT2D eigenvalue weighted by molar-refractivity contribution is 5.97. The molecule has 0 heterocycles. The quantitative estimate of drug-likeness (QED) is 0.135. The van der Waals surface area contributed by atoms with Gasteiger partial charge in [0.1, 0.15) is 0 Å². The maximum absolute atomic E-state index is 2.40. The lowest BCUT2D eigenvalue weighted by molar-refractivity contribution is 0.774. The molecule has 0 aromatic heterocycles. The summed E-state index contributed by atoms with van der Waals surface area (Å²) in [6.45, 7) is 2.35. The number of hydrogen-bond donors (Lipinski definition) is 0. The van der Waals surface area contributed by atoms with Crippen molar-refractivity contribution in [2.45, 2.75) is 13.3 Å². The molecule has 0 fully saturated rings. The van der Waals surface area contributed by atoms with Gasteiger partial charge >= 0.3 is 0 Å². The van der Waals surface area contributed by atoms with Crippen LogP contribution in [0.15, 0.2) is 249 Å². The number of hydrogen-bond acceptors (Lipinski definition) is 2. The van der Waals surface area contributed by atoms with Crippen molar-refractivity contribution in [2.24, 2.45) is 5.92 Å². The van der Waals surface area contributed by atoms with Crippen LogP contribution in [-0.4, -0.2) is 0 Å². The van der Waals surface area contributed by atoms with Crippen LogP contribution in [0.2, 0.25) is 0 Å². The van der Waals surface area contributed by atoms with E-state index >= 15 is 0 Å². The number of anilines is 6. The largest absolute Gasteiger partial charge is 0.310 e. The van der Waals surface area contributed by atoms with Crippen LogP contribution in [0.1, 0.15) is 18.9 Å². The van der Waals surface area contributed by atoms with Crippen molar-refractivity contribution in [3.63, 3.8) is 0 Å².